The number of H-pyrrole nitrogens is 1. The Morgan fingerprint density at radius 2 is 1.77 bits per heavy atom. The Hall–Kier alpha value is -3.41. The first kappa shape index (κ1) is 20.8. The van der Waals surface area contributed by atoms with Gasteiger partial charge in [0.15, 0.2) is 0 Å². The van der Waals surface area contributed by atoms with Crippen molar-refractivity contribution in [2.75, 3.05) is 26.2 Å². The molecule has 2 aromatic carbocycles. The first-order valence-electron chi connectivity index (χ1n) is 10.9. The molecule has 2 heterocycles. The van der Waals surface area contributed by atoms with Gasteiger partial charge >= 0.3 is 0 Å². The summed E-state index contributed by atoms with van der Waals surface area (Å²) in [5.41, 5.74) is 3.89. The van der Waals surface area contributed by atoms with Gasteiger partial charge in [-0.25, -0.2) is 0 Å². The summed E-state index contributed by atoms with van der Waals surface area (Å²) in [6.45, 7) is 4.30. The standard InChI is InChI=1S/C25H28N4O2/c1-2-14-28-15-16-29(25(31)23-12-13-26-27-23)18-22(24(28)30)17-19-8-10-21(11-9-19)20-6-4-3-5-7-20/h3-13,22H,2,14-18H2,1H3,(H,26,27)/t22-/m0/s1. The van der Waals surface area contributed by atoms with E-state index in [2.05, 4.69) is 53.5 Å². The third-order valence-electron chi connectivity index (χ3n) is 5.80. The molecule has 4 rings (SSSR count). The zero-order valence-electron chi connectivity index (χ0n) is 17.8. The van der Waals surface area contributed by atoms with Crippen molar-refractivity contribution in [3.8, 4) is 11.1 Å². The van der Waals surface area contributed by atoms with Crippen LogP contribution in [0.25, 0.3) is 11.1 Å². The van der Waals surface area contributed by atoms with Gasteiger partial charge in [-0.3, -0.25) is 14.7 Å². The lowest BCUT2D eigenvalue weighted by atomic mass is 9.95. The molecule has 0 spiro atoms. The SMILES string of the molecule is CCCN1CCN(C(=O)c2ccn[nH]2)C[C@H](Cc2ccc(-c3ccccc3)cc2)C1=O. The van der Waals surface area contributed by atoms with Crippen LogP contribution in [-0.4, -0.2) is 58.0 Å². The van der Waals surface area contributed by atoms with Gasteiger partial charge in [0.05, 0.1) is 5.92 Å². The second kappa shape index (κ2) is 9.60. The van der Waals surface area contributed by atoms with Crippen molar-refractivity contribution in [1.29, 1.82) is 0 Å². The summed E-state index contributed by atoms with van der Waals surface area (Å²) < 4.78 is 0. The Bertz CT molecular complexity index is 1000. The second-order valence-corrected chi connectivity index (χ2v) is 8.01. The highest BCUT2D eigenvalue weighted by molar-refractivity contribution is 5.93. The number of rotatable bonds is 6. The Morgan fingerprint density at radius 3 is 2.45 bits per heavy atom. The molecular formula is C25H28N4O2. The lowest BCUT2D eigenvalue weighted by Crippen LogP contribution is -2.38. The van der Waals surface area contributed by atoms with Gasteiger partial charge < -0.3 is 9.80 Å². The topological polar surface area (TPSA) is 69.3 Å². The maximum atomic E-state index is 13.3. The van der Waals surface area contributed by atoms with Gasteiger partial charge in [0.1, 0.15) is 5.69 Å². The van der Waals surface area contributed by atoms with Gasteiger partial charge in [0.25, 0.3) is 5.91 Å². The Balaban J connectivity index is 1.53. The maximum absolute atomic E-state index is 13.3. The van der Waals surface area contributed by atoms with Crippen molar-refractivity contribution in [2.24, 2.45) is 5.92 Å². The molecule has 160 valence electrons. The molecule has 1 fully saturated rings. The Morgan fingerprint density at radius 1 is 1.03 bits per heavy atom. The van der Waals surface area contributed by atoms with Crippen LogP contribution in [0.5, 0.6) is 0 Å². The minimum atomic E-state index is -0.261. The molecule has 1 aliphatic rings. The summed E-state index contributed by atoms with van der Waals surface area (Å²) in [7, 11) is 0. The lowest BCUT2D eigenvalue weighted by molar-refractivity contribution is -0.134. The van der Waals surface area contributed by atoms with Crippen LogP contribution in [-0.2, 0) is 11.2 Å². The van der Waals surface area contributed by atoms with Crippen molar-refractivity contribution in [1.82, 2.24) is 20.0 Å². The molecule has 2 amide bonds. The van der Waals surface area contributed by atoms with Crippen LogP contribution in [0.3, 0.4) is 0 Å². The summed E-state index contributed by atoms with van der Waals surface area (Å²) in [6, 6.07) is 20.3. The van der Waals surface area contributed by atoms with Crippen molar-refractivity contribution in [3.63, 3.8) is 0 Å². The smallest absolute Gasteiger partial charge is 0.271 e. The molecule has 0 unspecified atom stereocenters. The number of aromatic nitrogens is 2. The average Bonchev–Trinajstić information content (AvgIpc) is 3.30. The molecule has 6 nitrogen and oxygen atoms in total. The van der Waals surface area contributed by atoms with Crippen LogP contribution < -0.4 is 0 Å². The third kappa shape index (κ3) is 4.85. The van der Waals surface area contributed by atoms with Gasteiger partial charge in [-0.2, -0.15) is 5.10 Å². The van der Waals surface area contributed by atoms with Gasteiger partial charge in [0.2, 0.25) is 5.91 Å². The van der Waals surface area contributed by atoms with Crippen molar-refractivity contribution >= 4 is 11.8 Å². The van der Waals surface area contributed by atoms with Gasteiger partial charge in [-0.05, 0) is 35.6 Å². The molecule has 1 aliphatic heterocycles. The maximum Gasteiger partial charge on any atom is 0.271 e. The summed E-state index contributed by atoms with van der Waals surface area (Å²) in [5, 5.41) is 6.64. The lowest BCUT2D eigenvalue weighted by Gasteiger charge is -2.23. The fourth-order valence-corrected chi connectivity index (χ4v) is 4.17. The minimum absolute atomic E-state index is 0.104. The molecule has 3 aromatic rings. The summed E-state index contributed by atoms with van der Waals surface area (Å²) in [5.74, 6) is -0.231. The number of nitrogens with one attached hydrogen (secondary N) is 1. The number of carbonyl (C=O) groups is 2. The number of hydrogen-bond acceptors (Lipinski definition) is 3. The van der Waals surface area contributed by atoms with E-state index in [9.17, 15) is 9.59 Å². The zero-order valence-corrected chi connectivity index (χ0v) is 17.8. The quantitative estimate of drug-likeness (QED) is 0.667. The molecule has 0 saturated carbocycles. The Labute approximate surface area is 182 Å². The van der Waals surface area contributed by atoms with Gasteiger partial charge in [-0.15, -0.1) is 0 Å². The van der Waals surface area contributed by atoms with E-state index in [1.165, 1.54) is 5.56 Å². The van der Waals surface area contributed by atoms with E-state index < -0.39 is 0 Å². The first-order chi connectivity index (χ1) is 15.2. The monoisotopic (exact) mass is 416 g/mol. The van der Waals surface area contributed by atoms with Crippen molar-refractivity contribution in [3.05, 3.63) is 78.1 Å². The highest BCUT2D eigenvalue weighted by Crippen LogP contribution is 2.22. The number of benzene rings is 2. The minimum Gasteiger partial charge on any atom is -0.341 e. The summed E-state index contributed by atoms with van der Waals surface area (Å²) >= 11 is 0. The molecule has 1 atom stereocenters. The van der Waals surface area contributed by atoms with E-state index in [0.29, 0.717) is 38.3 Å². The van der Waals surface area contributed by atoms with Gasteiger partial charge in [-0.1, -0.05) is 61.5 Å². The first-order valence-corrected chi connectivity index (χ1v) is 10.9. The van der Waals surface area contributed by atoms with Crippen molar-refractivity contribution < 1.29 is 9.59 Å². The number of carbonyl (C=O) groups excluding carboxylic acids is 2. The van der Waals surface area contributed by atoms with E-state index in [-0.39, 0.29) is 17.7 Å². The van der Waals surface area contributed by atoms with Crippen LogP contribution in [0.4, 0.5) is 0 Å². The summed E-state index contributed by atoms with van der Waals surface area (Å²) in [4.78, 5) is 29.8. The predicted molar refractivity (Wildman–Crippen MR) is 120 cm³/mol. The van der Waals surface area contributed by atoms with Crippen molar-refractivity contribution in [2.45, 2.75) is 19.8 Å². The normalized spacial score (nSPS) is 16.9. The van der Waals surface area contributed by atoms with E-state index >= 15 is 0 Å². The van der Waals surface area contributed by atoms with Crippen LogP contribution in [0.15, 0.2) is 66.9 Å². The fraction of sp³-hybridized carbons (Fsp3) is 0.320. The molecule has 0 aliphatic carbocycles. The second-order valence-electron chi connectivity index (χ2n) is 8.01. The molecule has 0 radical (unpaired) electrons. The van der Waals surface area contributed by atoms with E-state index in [4.69, 9.17) is 0 Å². The van der Waals surface area contributed by atoms with Crippen LogP contribution in [0.2, 0.25) is 0 Å². The highest BCUT2D eigenvalue weighted by Gasteiger charge is 2.32. The average molecular weight is 417 g/mol. The molecular weight excluding hydrogens is 388 g/mol. The molecule has 31 heavy (non-hydrogen) atoms. The summed E-state index contributed by atoms with van der Waals surface area (Å²) in [6.07, 6.45) is 3.09. The molecule has 0 bridgehead atoms. The molecule has 1 N–H and O–H groups in total. The zero-order chi connectivity index (χ0) is 21.6. The number of aromatic amines is 1. The third-order valence-corrected chi connectivity index (χ3v) is 5.80. The molecule has 6 heteroatoms. The number of hydrogen-bond donors (Lipinski definition) is 1. The van der Waals surface area contributed by atoms with E-state index in [1.54, 1.807) is 17.2 Å². The predicted octanol–water partition coefficient (Wildman–Crippen LogP) is 3.63. The van der Waals surface area contributed by atoms with Crippen LogP contribution in [0, 0.1) is 5.92 Å². The number of nitrogens with zero attached hydrogens (tertiary/aromatic N) is 3. The number of amides is 2. The molecule has 1 saturated heterocycles. The van der Waals surface area contributed by atoms with Gasteiger partial charge in [0, 0.05) is 32.4 Å². The van der Waals surface area contributed by atoms with E-state index in [0.717, 1.165) is 17.5 Å². The Kier molecular flexibility index (Phi) is 6.46. The highest BCUT2D eigenvalue weighted by atomic mass is 16.2. The molecule has 1 aromatic heterocycles. The van der Waals surface area contributed by atoms with Crippen LogP contribution >= 0.6 is 0 Å². The van der Waals surface area contributed by atoms with Crippen LogP contribution in [0.1, 0.15) is 29.4 Å². The fourth-order valence-electron chi connectivity index (χ4n) is 4.17. The largest absolute Gasteiger partial charge is 0.341 e. The van der Waals surface area contributed by atoms with E-state index in [1.807, 2.05) is 23.1 Å².